The first-order chi connectivity index (χ1) is 22.9. The molecule has 0 heterocycles. The first kappa shape index (κ1) is 32.8. The van der Waals surface area contributed by atoms with Crippen LogP contribution < -0.4 is 25.4 Å². The lowest BCUT2D eigenvalue weighted by molar-refractivity contribution is -0.116. The average Bonchev–Trinajstić information content (AvgIpc) is 3.10. The number of hydrogen-bond acceptors (Lipinski definition) is 6. The van der Waals surface area contributed by atoms with Gasteiger partial charge in [-0.05, 0) is 60.3 Å². The van der Waals surface area contributed by atoms with E-state index in [1.54, 1.807) is 60.7 Å². The van der Waals surface area contributed by atoms with Gasteiger partial charge < -0.3 is 25.4 Å². The van der Waals surface area contributed by atoms with Gasteiger partial charge in [-0.25, -0.2) is 0 Å². The highest BCUT2D eigenvalue weighted by atomic mass is 32.2. The Morgan fingerprint density at radius 2 is 1.51 bits per heavy atom. The number of thioether (sulfide) groups is 1. The number of hydrogen-bond donors (Lipinski definition) is 3. The minimum absolute atomic E-state index is 0.00404. The molecule has 8 nitrogen and oxygen atoms in total. The standard InChI is InChI=1S/C38H35N3O5S/c1-4-34(38(44)40-31-21-10-16-25-13-8-9-20-30(25)31)47-29-19-12-18-28(24-29)39-37(43)32(41-36(42)26-14-6-5-7-15-26)23-27-17-11-22-33(45-2)35(27)46-3/h5-24,34H,4H2,1-3H3,(H,39,43)(H,40,44)(H,41,42)/b32-23+. The molecular formula is C38H35N3O5S. The van der Waals surface area contributed by atoms with Crippen molar-refractivity contribution in [2.45, 2.75) is 23.5 Å². The second-order valence-electron chi connectivity index (χ2n) is 10.5. The number of fused-ring (bicyclic) bond motifs is 1. The molecule has 1 unspecified atom stereocenters. The summed E-state index contributed by atoms with van der Waals surface area (Å²) in [5, 5.41) is 10.4. The Morgan fingerprint density at radius 1 is 0.787 bits per heavy atom. The van der Waals surface area contributed by atoms with Crippen molar-refractivity contribution >= 4 is 57.7 Å². The van der Waals surface area contributed by atoms with Crippen molar-refractivity contribution in [2.75, 3.05) is 24.9 Å². The van der Waals surface area contributed by atoms with Crippen LogP contribution in [0.15, 0.2) is 126 Å². The maximum absolute atomic E-state index is 13.7. The van der Waals surface area contributed by atoms with E-state index in [2.05, 4.69) is 16.0 Å². The molecule has 1 atom stereocenters. The summed E-state index contributed by atoms with van der Waals surface area (Å²) in [5.74, 6) is -0.192. The third-order valence-corrected chi connectivity index (χ3v) is 8.70. The molecule has 0 spiro atoms. The Bertz CT molecular complexity index is 1920. The fourth-order valence-corrected chi connectivity index (χ4v) is 6.02. The summed E-state index contributed by atoms with van der Waals surface area (Å²) in [7, 11) is 3.03. The van der Waals surface area contributed by atoms with Crippen LogP contribution in [0.3, 0.4) is 0 Å². The Hall–Kier alpha value is -5.54. The van der Waals surface area contributed by atoms with Gasteiger partial charge in [0.05, 0.1) is 19.5 Å². The Morgan fingerprint density at radius 3 is 2.28 bits per heavy atom. The third kappa shape index (κ3) is 8.19. The van der Waals surface area contributed by atoms with Crippen LogP contribution in [0.1, 0.15) is 29.3 Å². The molecule has 0 aliphatic heterocycles. The molecule has 0 aliphatic rings. The van der Waals surface area contributed by atoms with Crippen LogP contribution in [0.25, 0.3) is 16.8 Å². The second-order valence-corrected chi connectivity index (χ2v) is 11.7. The highest BCUT2D eigenvalue weighted by Gasteiger charge is 2.21. The number of methoxy groups -OCH3 is 2. The van der Waals surface area contributed by atoms with Crippen LogP contribution in [-0.4, -0.2) is 37.2 Å². The highest BCUT2D eigenvalue weighted by Crippen LogP contribution is 2.33. The van der Waals surface area contributed by atoms with Crippen molar-refractivity contribution < 1.29 is 23.9 Å². The molecule has 0 bridgehead atoms. The maximum Gasteiger partial charge on any atom is 0.272 e. The molecule has 5 aromatic carbocycles. The lowest BCUT2D eigenvalue weighted by atomic mass is 10.1. The van der Waals surface area contributed by atoms with E-state index in [0.717, 1.165) is 21.4 Å². The molecule has 0 aromatic heterocycles. The lowest BCUT2D eigenvalue weighted by Gasteiger charge is -2.17. The zero-order valence-corrected chi connectivity index (χ0v) is 27.1. The predicted octanol–water partition coefficient (Wildman–Crippen LogP) is 7.78. The summed E-state index contributed by atoms with van der Waals surface area (Å²) in [6, 6.07) is 34.9. The molecule has 238 valence electrons. The summed E-state index contributed by atoms with van der Waals surface area (Å²) < 4.78 is 11.0. The average molecular weight is 646 g/mol. The summed E-state index contributed by atoms with van der Waals surface area (Å²) in [4.78, 5) is 41.0. The topological polar surface area (TPSA) is 106 Å². The van der Waals surface area contributed by atoms with Crippen molar-refractivity contribution in [3.63, 3.8) is 0 Å². The van der Waals surface area contributed by atoms with Gasteiger partial charge >= 0.3 is 0 Å². The van der Waals surface area contributed by atoms with E-state index in [-0.39, 0.29) is 16.9 Å². The van der Waals surface area contributed by atoms with E-state index in [1.807, 2.05) is 67.6 Å². The van der Waals surface area contributed by atoms with E-state index in [4.69, 9.17) is 9.47 Å². The fraction of sp³-hybridized carbons (Fsp3) is 0.132. The summed E-state index contributed by atoms with van der Waals surface area (Å²) in [6.45, 7) is 1.96. The van der Waals surface area contributed by atoms with Crippen LogP contribution in [-0.2, 0) is 9.59 Å². The van der Waals surface area contributed by atoms with Gasteiger partial charge in [-0.3, -0.25) is 14.4 Å². The predicted molar refractivity (Wildman–Crippen MR) is 189 cm³/mol. The van der Waals surface area contributed by atoms with E-state index < -0.39 is 11.8 Å². The van der Waals surface area contributed by atoms with Gasteiger partial charge in [0.15, 0.2) is 11.5 Å². The molecule has 47 heavy (non-hydrogen) atoms. The van der Waals surface area contributed by atoms with Crippen LogP contribution in [0.5, 0.6) is 11.5 Å². The van der Waals surface area contributed by atoms with E-state index >= 15 is 0 Å². The van der Waals surface area contributed by atoms with Crippen molar-refractivity contribution in [3.05, 3.63) is 132 Å². The third-order valence-electron chi connectivity index (χ3n) is 7.34. The number of nitrogens with one attached hydrogen (secondary N) is 3. The number of rotatable bonds is 12. The van der Waals surface area contributed by atoms with Crippen molar-refractivity contribution in [1.29, 1.82) is 0 Å². The Kier molecular flexibility index (Phi) is 10.9. The zero-order valence-electron chi connectivity index (χ0n) is 26.3. The molecular weight excluding hydrogens is 611 g/mol. The smallest absolute Gasteiger partial charge is 0.272 e. The Balaban J connectivity index is 1.36. The number of carbonyl (C=O) groups excluding carboxylic acids is 3. The fourth-order valence-electron chi connectivity index (χ4n) is 5.00. The normalized spacial score (nSPS) is 11.8. The van der Waals surface area contributed by atoms with Gasteiger partial charge in [-0.1, -0.05) is 79.7 Å². The maximum atomic E-state index is 13.7. The van der Waals surface area contributed by atoms with Crippen LogP contribution in [0, 0.1) is 0 Å². The van der Waals surface area contributed by atoms with Gasteiger partial charge in [-0.15, -0.1) is 11.8 Å². The van der Waals surface area contributed by atoms with Gasteiger partial charge in [0.2, 0.25) is 5.91 Å². The quantitative estimate of drug-likeness (QED) is 0.0946. The SMILES string of the molecule is CCC(Sc1cccc(NC(=O)/C(=C\c2cccc(OC)c2OC)NC(=O)c2ccccc2)c1)C(=O)Nc1cccc2ccccc12. The van der Waals surface area contributed by atoms with Crippen molar-refractivity contribution in [3.8, 4) is 11.5 Å². The molecule has 3 N–H and O–H groups in total. The molecule has 0 aliphatic carbocycles. The molecule has 5 aromatic rings. The first-order valence-corrected chi connectivity index (χ1v) is 15.9. The monoisotopic (exact) mass is 645 g/mol. The minimum atomic E-state index is -0.540. The summed E-state index contributed by atoms with van der Waals surface area (Å²) in [5.41, 5.74) is 2.20. The van der Waals surface area contributed by atoms with E-state index in [9.17, 15) is 14.4 Å². The number of amides is 3. The van der Waals surface area contributed by atoms with Gasteiger partial charge in [0, 0.05) is 32.8 Å². The molecule has 5 rings (SSSR count). The number of benzene rings is 5. The molecule has 0 fully saturated rings. The van der Waals surface area contributed by atoms with Crippen molar-refractivity contribution in [2.24, 2.45) is 0 Å². The zero-order chi connectivity index (χ0) is 33.2. The second kappa shape index (κ2) is 15.6. The van der Waals surface area contributed by atoms with Gasteiger partial charge in [0.1, 0.15) is 5.70 Å². The van der Waals surface area contributed by atoms with Crippen molar-refractivity contribution in [1.82, 2.24) is 5.32 Å². The summed E-state index contributed by atoms with van der Waals surface area (Å²) >= 11 is 1.41. The van der Waals surface area contributed by atoms with E-state index in [1.165, 1.54) is 26.0 Å². The number of anilines is 2. The molecule has 0 saturated carbocycles. The van der Waals surface area contributed by atoms with Gasteiger partial charge in [0.25, 0.3) is 11.8 Å². The van der Waals surface area contributed by atoms with Crippen LogP contribution in [0.2, 0.25) is 0 Å². The van der Waals surface area contributed by atoms with Crippen LogP contribution >= 0.6 is 11.8 Å². The lowest BCUT2D eigenvalue weighted by Crippen LogP contribution is -2.30. The molecule has 0 saturated heterocycles. The molecule has 3 amide bonds. The number of para-hydroxylation sites is 1. The first-order valence-electron chi connectivity index (χ1n) is 15.1. The largest absolute Gasteiger partial charge is 0.493 e. The van der Waals surface area contributed by atoms with Crippen LogP contribution in [0.4, 0.5) is 11.4 Å². The van der Waals surface area contributed by atoms with Gasteiger partial charge in [-0.2, -0.15) is 0 Å². The summed E-state index contributed by atoms with van der Waals surface area (Å²) in [6.07, 6.45) is 2.14. The minimum Gasteiger partial charge on any atom is -0.493 e. The Labute approximate surface area is 278 Å². The highest BCUT2D eigenvalue weighted by molar-refractivity contribution is 8.00. The number of carbonyl (C=O) groups is 3. The van der Waals surface area contributed by atoms with E-state index in [0.29, 0.717) is 34.7 Å². The molecule has 9 heteroatoms. The number of ether oxygens (including phenoxy) is 2. The molecule has 0 radical (unpaired) electrons.